The molecule has 0 heterocycles. The number of unbranched alkanes of at least 4 members (excludes halogenated alkanes) is 10. The van der Waals surface area contributed by atoms with Crippen LogP contribution >= 0.6 is 0 Å². The molecule has 0 radical (unpaired) electrons. The van der Waals surface area contributed by atoms with E-state index in [4.69, 9.17) is 0 Å². The van der Waals surface area contributed by atoms with Gasteiger partial charge in [-0.25, -0.2) is 0 Å². The van der Waals surface area contributed by atoms with Crippen LogP contribution in [0.1, 0.15) is 84.0 Å². The van der Waals surface area contributed by atoms with Crippen molar-refractivity contribution in [2.45, 2.75) is 90.2 Å². The molecule has 1 N–H and O–H groups in total. The number of rotatable bonds is 13. The molecule has 0 fully saturated rings. The molecule has 0 saturated carbocycles. The molecule has 0 bridgehead atoms. The Morgan fingerprint density at radius 1 is 0.722 bits per heavy atom. The third kappa shape index (κ3) is 12.4. The van der Waals surface area contributed by atoms with Gasteiger partial charge in [-0.15, -0.1) is 0 Å². The third-order valence-corrected chi connectivity index (χ3v) is 3.66. The van der Waals surface area contributed by atoms with E-state index in [0.717, 1.165) is 12.8 Å². The van der Waals surface area contributed by atoms with Crippen LogP contribution in [0.2, 0.25) is 0 Å². The summed E-state index contributed by atoms with van der Waals surface area (Å²) in [5.74, 6) is 0. The summed E-state index contributed by atoms with van der Waals surface area (Å²) in [6.07, 6.45) is 15.7. The molecule has 0 saturated heterocycles. The average molecular weight is 257 g/mol. The van der Waals surface area contributed by atoms with Crippen LogP contribution in [0.4, 0.5) is 0 Å². The van der Waals surface area contributed by atoms with Gasteiger partial charge in [0.15, 0.2) is 0 Å². The zero-order valence-corrected chi connectivity index (χ0v) is 13.0. The second-order valence-electron chi connectivity index (χ2n) is 5.77. The minimum Gasteiger partial charge on any atom is -0.378 e. The Balaban J connectivity index is 3.03. The van der Waals surface area contributed by atoms with E-state index in [9.17, 15) is 5.11 Å². The Bertz CT molecular complexity index is 159. The van der Waals surface area contributed by atoms with Crippen molar-refractivity contribution >= 4 is 0 Å². The smallest absolute Gasteiger partial charge is 0.106 e. The molecule has 0 aromatic rings. The molecular weight excluding hydrogens is 222 g/mol. The van der Waals surface area contributed by atoms with Gasteiger partial charge in [0, 0.05) is 0 Å². The number of aliphatic hydroxyl groups excluding tert-OH is 1. The maximum atomic E-state index is 9.60. The molecule has 110 valence electrons. The second kappa shape index (κ2) is 13.4. The summed E-state index contributed by atoms with van der Waals surface area (Å²) < 4.78 is 0. The Morgan fingerprint density at radius 2 is 1.11 bits per heavy atom. The van der Waals surface area contributed by atoms with Crippen molar-refractivity contribution in [2.75, 3.05) is 14.1 Å². The van der Waals surface area contributed by atoms with Crippen molar-refractivity contribution in [1.82, 2.24) is 4.90 Å². The Morgan fingerprint density at radius 3 is 1.50 bits per heavy atom. The average Bonchev–Trinajstić information content (AvgIpc) is 2.35. The summed E-state index contributed by atoms with van der Waals surface area (Å²) in [7, 11) is 3.87. The van der Waals surface area contributed by atoms with E-state index in [-0.39, 0.29) is 6.23 Å². The van der Waals surface area contributed by atoms with Crippen molar-refractivity contribution in [1.29, 1.82) is 0 Å². The van der Waals surface area contributed by atoms with Gasteiger partial charge in [0.1, 0.15) is 6.23 Å². The summed E-state index contributed by atoms with van der Waals surface area (Å²) in [5.41, 5.74) is 0. The van der Waals surface area contributed by atoms with Crippen LogP contribution in [0.15, 0.2) is 0 Å². The van der Waals surface area contributed by atoms with Gasteiger partial charge in [0.25, 0.3) is 0 Å². The molecule has 1 unspecified atom stereocenters. The highest BCUT2D eigenvalue weighted by atomic mass is 16.3. The van der Waals surface area contributed by atoms with Crippen molar-refractivity contribution < 1.29 is 5.11 Å². The zero-order valence-electron chi connectivity index (χ0n) is 13.0. The van der Waals surface area contributed by atoms with Crippen molar-refractivity contribution in [3.05, 3.63) is 0 Å². The van der Waals surface area contributed by atoms with Crippen LogP contribution in [0.25, 0.3) is 0 Å². The quantitative estimate of drug-likeness (QED) is 0.386. The first-order chi connectivity index (χ1) is 8.68. The van der Waals surface area contributed by atoms with E-state index in [2.05, 4.69) is 6.92 Å². The molecule has 0 rings (SSSR count). The molecule has 0 aromatic heterocycles. The molecule has 1 atom stereocenters. The normalized spacial score (nSPS) is 13.2. The molecule has 0 aromatic carbocycles. The lowest BCUT2D eigenvalue weighted by molar-refractivity contribution is 0.0313. The van der Waals surface area contributed by atoms with Gasteiger partial charge in [0.05, 0.1) is 0 Å². The van der Waals surface area contributed by atoms with Gasteiger partial charge < -0.3 is 5.11 Å². The lowest BCUT2D eigenvalue weighted by atomic mass is 10.1. The van der Waals surface area contributed by atoms with Crippen LogP contribution in [-0.4, -0.2) is 30.3 Å². The molecule has 0 aliphatic carbocycles. The minimum atomic E-state index is -0.247. The molecular formula is C16H35NO. The Labute approximate surface area is 115 Å². The zero-order chi connectivity index (χ0) is 13.6. The van der Waals surface area contributed by atoms with Gasteiger partial charge in [-0.05, 0) is 26.9 Å². The summed E-state index contributed by atoms with van der Waals surface area (Å²) in [6, 6.07) is 0. The first-order valence-corrected chi connectivity index (χ1v) is 8.03. The highest BCUT2D eigenvalue weighted by Crippen LogP contribution is 2.12. The van der Waals surface area contributed by atoms with Gasteiger partial charge in [0.2, 0.25) is 0 Å². The fourth-order valence-corrected chi connectivity index (χ4v) is 2.25. The van der Waals surface area contributed by atoms with E-state index < -0.39 is 0 Å². The van der Waals surface area contributed by atoms with Crippen LogP contribution < -0.4 is 0 Å². The monoisotopic (exact) mass is 257 g/mol. The van der Waals surface area contributed by atoms with Crippen LogP contribution in [0, 0.1) is 0 Å². The fraction of sp³-hybridized carbons (Fsp3) is 1.00. The van der Waals surface area contributed by atoms with Crippen LogP contribution in [0.3, 0.4) is 0 Å². The molecule has 0 aliphatic rings. The second-order valence-corrected chi connectivity index (χ2v) is 5.77. The fourth-order valence-electron chi connectivity index (χ4n) is 2.25. The lowest BCUT2D eigenvalue weighted by Crippen LogP contribution is -2.27. The molecule has 2 nitrogen and oxygen atoms in total. The summed E-state index contributed by atoms with van der Waals surface area (Å²) >= 11 is 0. The lowest BCUT2D eigenvalue weighted by Gasteiger charge is -2.17. The molecule has 0 spiro atoms. The summed E-state index contributed by atoms with van der Waals surface area (Å²) in [4.78, 5) is 1.89. The van der Waals surface area contributed by atoms with Crippen LogP contribution in [0.5, 0.6) is 0 Å². The summed E-state index contributed by atoms with van der Waals surface area (Å²) in [6.45, 7) is 2.27. The minimum absolute atomic E-state index is 0.247. The van der Waals surface area contributed by atoms with E-state index in [1.54, 1.807) is 0 Å². The predicted molar refractivity (Wildman–Crippen MR) is 80.8 cm³/mol. The molecule has 2 heteroatoms. The highest BCUT2D eigenvalue weighted by Gasteiger charge is 2.04. The van der Waals surface area contributed by atoms with Crippen molar-refractivity contribution in [2.24, 2.45) is 0 Å². The van der Waals surface area contributed by atoms with Crippen molar-refractivity contribution in [3.8, 4) is 0 Å². The van der Waals surface area contributed by atoms with Crippen molar-refractivity contribution in [3.63, 3.8) is 0 Å². The standard InChI is InChI=1S/C16H35NO/c1-4-5-6-7-8-9-10-11-12-13-14-15-16(18)17(2)3/h16,18H,4-15H2,1-3H3. The number of hydrogen-bond donors (Lipinski definition) is 1. The first kappa shape index (κ1) is 17.9. The predicted octanol–water partition coefficient (Wildman–Crippen LogP) is 4.57. The summed E-state index contributed by atoms with van der Waals surface area (Å²) in [5, 5.41) is 9.60. The Kier molecular flexibility index (Phi) is 13.3. The maximum Gasteiger partial charge on any atom is 0.106 e. The maximum absolute atomic E-state index is 9.60. The van der Waals surface area contributed by atoms with E-state index in [0.29, 0.717) is 0 Å². The van der Waals surface area contributed by atoms with Gasteiger partial charge in [-0.2, -0.15) is 0 Å². The first-order valence-electron chi connectivity index (χ1n) is 8.03. The molecule has 0 amide bonds. The topological polar surface area (TPSA) is 23.5 Å². The highest BCUT2D eigenvalue weighted by molar-refractivity contribution is 4.53. The van der Waals surface area contributed by atoms with E-state index in [1.807, 2.05) is 19.0 Å². The third-order valence-electron chi connectivity index (χ3n) is 3.66. The Hall–Kier alpha value is -0.0800. The SMILES string of the molecule is CCCCCCCCCCCCCC(O)N(C)C. The number of hydrogen-bond acceptors (Lipinski definition) is 2. The molecule has 0 aliphatic heterocycles. The van der Waals surface area contributed by atoms with Crippen LogP contribution in [-0.2, 0) is 0 Å². The van der Waals surface area contributed by atoms with Gasteiger partial charge in [-0.1, -0.05) is 71.1 Å². The number of aliphatic hydroxyl groups is 1. The van der Waals surface area contributed by atoms with Gasteiger partial charge in [-0.3, -0.25) is 4.90 Å². The van der Waals surface area contributed by atoms with E-state index in [1.165, 1.54) is 64.2 Å². The number of nitrogens with zero attached hydrogens (tertiary/aromatic N) is 1. The molecule has 18 heavy (non-hydrogen) atoms. The largest absolute Gasteiger partial charge is 0.378 e. The van der Waals surface area contributed by atoms with Gasteiger partial charge >= 0.3 is 0 Å². The van der Waals surface area contributed by atoms with E-state index >= 15 is 0 Å².